The van der Waals surface area contributed by atoms with Crippen molar-refractivity contribution in [3.05, 3.63) is 47.7 Å². The van der Waals surface area contributed by atoms with E-state index in [9.17, 15) is 13.2 Å². The fraction of sp³-hybridized carbons (Fsp3) is 0.467. The second-order valence-corrected chi connectivity index (χ2v) is 8.58. The van der Waals surface area contributed by atoms with Gasteiger partial charge in [-0.1, -0.05) is 43.6 Å². The smallest absolute Gasteiger partial charge is 0.166 e. The molecule has 0 aliphatic heterocycles. The number of halogens is 4. The summed E-state index contributed by atoms with van der Waals surface area (Å²) in [4.78, 5) is 0. The second kappa shape index (κ2) is 7.89. The normalized spacial score (nSPS) is 14.8. The van der Waals surface area contributed by atoms with Crippen molar-refractivity contribution >= 4 is 20.4 Å². The van der Waals surface area contributed by atoms with Crippen molar-refractivity contribution in [3.63, 3.8) is 0 Å². The van der Waals surface area contributed by atoms with Crippen molar-refractivity contribution in [2.75, 3.05) is 0 Å². The van der Waals surface area contributed by atoms with Gasteiger partial charge in [0.05, 0.1) is 19.7 Å². The Kier molecular flexibility index (Phi) is 6.82. The van der Waals surface area contributed by atoms with Gasteiger partial charge in [0.1, 0.15) is 0 Å². The third kappa shape index (κ3) is 5.33. The first-order chi connectivity index (χ1) is 9.36. The third-order valence-electron chi connectivity index (χ3n) is 3.37. The summed E-state index contributed by atoms with van der Waals surface area (Å²) in [5.41, 5.74) is 1.60. The molecule has 0 spiro atoms. The molecule has 0 aromatic heterocycles. The van der Waals surface area contributed by atoms with Crippen molar-refractivity contribution in [2.45, 2.75) is 43.4 Å². The molecule has 2 unspecified atom stereocenters. The van der Waals surface area contributed by atoms with Gasteiger partial charge >= 0.3 is 6.18 Å². The Morgan fingerprint density at radius 2 is 1.95 bits per heavy atom. The number of benzene rings is 1. The molecule has 0 saturated carbocycles. The van der Waals surface area contributed by atoms with Gasteiger partial charge in [0.15, 0.2) is 0 Å². The maximum absolute atomic E-state index is 12.9. The molecule has 1 aromatic carbocycles. The summed E-state index contributed by atoms with van der Waals surface area (Å²) < 4.78 is 38.7. The highest BCUT2D eigenvalue weighted by Gasteiger charge is 2.34. The lowest BCUT2D eigenvalue weighted by Gasteiger charge is -2.17. The van der Waals surface area contributed by atoms with Gasteiger partial charge in [0.2, 0.25) is 0 Å². The molecule has 0 radical (unpaired) electrons. The van der Waals surface area contributed by atoms with E-state index in [0.717, 1.165) is 25.0 Å². The number of rotatable bonds is 7. The molecule has 0 fully saturated rings. The van der Waals surface area contributed by atoms with Crippen LogP contribution in [0.2, 0.25) is 12.6 Å². The molecule has 1 rings (SSSR count). The Bertz CT molecular complexity index is 431. The minimum Gasteiger partial charge on any atom is -0.166 e. The highest BCUT2D eigenvalue weighted by molar-refractivity contribution is 6.62. The van der Waals surface area contributed by atoms with E-state index in [4.69, 9.17) is 11.6 Å². The van der Waals surface area contributed by atoms with Crippen LogP contribution in [0, 0.1) is 0 Å². The Hall–Kier alpha value is -0.743. The van der Waals surface area contributed by atoms with Crippen LogP contribution in [0.25, 0.3) is 0 Å². The Balaban J connectivity index is 2.60. The molecular weight excluding hydrogens is 301 g/mol. The molecule has 5 heteroatoms. The van der Waals surface area contributed by atoms with Gasteiger partial charge in [-0.25, -0.2) is 0 Å². The largest absolute Gasteiger partial charge is 0.416 e. The van der Waals surface area contributed by atoms with Crippen LogP contribution >= 0.6 is 11.6 Å². The zero-order valence-corrected chi connectivity index (χ0v) is 13.5. The molecule has 2 atom stereocenters. The van der Waals surface area contributed by atoms with E-state index in [-0.39, 0.29) is 5.56 Å². The molecule has 0 N–H and O–H groups in total. The standard InChI is InChI=1S/C15H20ClF3Si/c1-3-20(2)11-7-6-10-14(16)12-8-4-5-9-13(12)15(17,18)19/h3-5,8-9,14,20H,1,6-7,10-11H2,2H3. The second-order valence-electron chi connectivity index (χ2n) is 5.05. The minimum absolute atomic E-state index is 0.190. The van der Waals surface area contributed by atoms with Gasteiger partial charge in [0.25, 0.3) is 0 Å². The first-order valence-electron chi connectivity index (χ1n) is 6.79. The van der Waals surface area contributed by atoms with E-state index in [1.165, 1.54) is 12.1 Å². The number of alkyl halides is 4. The molecule has 0 aliphatic rings. The number of hydrogen-bond donors (Lipinski definition) is 0. The van der Waals surface area contributed by atoms with Crippen LogP contribution in [0.3, 0.4) is 0 Å². The van der Waals surface area contributed by atoms with Gasteiger partial charge in [-0.2, -0.15) is 13.2 Å². The quantitative estimate of drug-likeness (QED) is 0.341. The van der Waals surface area contributed by atoms with Crippen LogP contribution in [-0.2, 0) is 6.18 Å². The minimum atomic E-state index is -4.34. The van der Waals surface area contributed by atoms with Crippen LogP contribution in [0.15, 0.2) is 36.5 Å². The third-order valence-corrected chi connectivity index (χ3v) is 5.95. The van der Waals surface area contributed by atoms with Gasteiger partial charge in [-0.3, -0.25) is 0 Å². The molecule has 20 heavy (non-hydrogen) atoms. The van der Waals surface area contributed by atoms with Crippen molar-refractivity contribution in [3.8, 4) is 0 Å². The lowest BCUT2D eigenvalue weighted by molar-refractivity contribution is -0.138. The van der Waals surface area contributed by atoms with Crippen LogP contribution in [0.5, 0.6) is 0 Å². The Morgan fingerprint density at radius 3 is 2.55 bits per heavy atom. The van der Waals surface area contributed by atoms with Crippen molar-refractivity contribution in [2.24, 2.45) is 0 Å². The van der Waals surface area contributed by atoms with Crippen LogP contribution in [0.1, 0.15) is 35.8 Å². The highest BCUT2D eigenvalue weighted by Crippen LogP contribution is 2.38. The average molecular weight is 321 g/mol. The fourth-order valence-electron chi connectivity index (χ4n) is 2.09. The lowest BCUT2D eigenvalue weighted by atomic mass is 10.0. The fourth-order valence-corrected chi connectivity index (χ4v) is 3.60. The predicted molar refractivity (Wildman–Crippen MR) is 81.9 cm³/mol. The summed E-state index contributed by atoms with van der Waals surface area (Å²) in [5.74, 6) is 0. The average Bonchev–Trinajstić information content (AvgIpc) is 2.42. The highest BCUT2D eigenvalue weighted by atomic mass is 35.5. The molecule has 0 heterocycles. The SMILES string of the molecule is C=C[SiH](C)CCCCC(Cl)c1ccccc1C(F)(F)F. The maximum Gasteiger partial charge on any atom is 0.416 e. The van der Waals surface area contributed by atoms with Crippen molar-refractivity contribution in [1.29, 1.82) is 0 Å². The summed E-state index contributed by atoms with van der Waals surface area (Å²) in [7, 11) is -0.815. The summed E-state index contributed by atoms with van der Waals surface area (Å²) in [6.45, 7) is 5.98. The lowest BCUT2D eigenvalue weighted by Crippen LogP contribution is -2.10. The Labute approximate surface area is 125 Å². The van der Waals surface area contributed by atoms with E-state index < -0.39 is 25.9 Å². The molecule has 0 bridgehead atoms. The summed E-state index contributed by atoms with van der Waals surface area (Å²) in [6, 6.07) is 6.70. The van der Waals surface area contributed by atoms with E-state index in [1.807, 2.05) is 5.70 Å². The topological polar surface area (TPSA) is 0 Å². The maximum atomic E-state index is 12.9. The van der Waals surface area contributed by atoms with Gasteiger partial charge < -0.3 is 0 Å². The first-order valence-corrected chi connectivity index (χ1v) is 9.86. The summed E-state index contributed by atoms with van der Waals surface area (Å²) >= 11 is 6.16. The van der Waals surface area contributed by atoms with Crippen LogP contribution in [-0.4, -0.2) is 8.80 Å². The molecule has 112 valence electrons. The monoisotopic (exact) mass is 320 g/mol. The summed E-state index contributed by atoms with van der Waals surface area (Å²) in [5, 5.41) is -0.575. The molecular formula is C15H20ClF3Si. The van der Waals surface area contributed by atoms with Crippen molar-refractivity contribution in [1.82, 2.24) is 0 Å². The van der Waals surface area contributed by atoms with Crippen LogP contribution in [0.4, 0.5) is 13.2 Å². The first kappa shape index (κ1) is 17.3. The van der Waals surface area contributed by atoms with E-state index in [0.29, 0.717) is 6.42 Å². The zero-order valence-electron chi connectivity index (χ0n) is 11.6. The van der Waals surface area contributed by atoms with E-state index in [1.54, 1.807) is 6.07 Å². The zero-order chi connectivity index (χ0) is 15.2. The molecule has 0 saturated heterocycles. The van der Waals surface area contributed by atoms with E-state index in [2.05, 4.69) is 13.1 Å². The molecule has 0 aliphatic carbocycles. The van der Waals surface area contributed by atoms with Gasteiger partial charge in [0, 0.05) is 0 Å². The van der Waals surface area contributed by atoms with Gasteiger partial charge in [-0.15, -0.1) is 23.9 Å². The number of unbranched alkanes of at least 4 members (excludes halogenated alkanes) is 1. The Morgan fingerprint density at radius 1 is 1.30 bits per heavy atom. The number of hydrogen-bond acceptors (Lipinski definition) is 0. The van der Waals surface area contributed by atoms with Gasteiger partial charge in [-0.05, 0) is 18.1 Å². The van der Waals surface area contributed by atoms with Crippen molar-refractivity contribution < 1.29 is 13.2 Å². The molecule has 1 aromatic rings. The van der Waals surface area contributed by atoms with E-state index >= 15 is 0 Å². The predicted octanol–water partition coefficient (Wildman–Crippen LogP) is 5.74. The van der Waals surface area contributed by atoms with Crippen LogP contribution < -0.4 is 0 Å². The molecule has 0 nitrogen and oxygen atoms in total. The molecule has 0 amide bonds. The summed E-state index contributed by atoms with van der Waals surface area (Å²) in [6.07, 6.45) is -1.90.